The highest BCUT2D eigenvalue weighted by Gasteiger charge is 2.16. The van der Waals surface area contributed by atoms with Crippen molar-refractivity contribution in [2.24, 2.45) is 5.14 Å². The Balaban J connectivity index is 2.28. The molecule has 0 bridgehead atoms. The Morgan fingerprint density at radius 2 is 1.82 bits per heavy atom. The van der Waals surface area contributed by atoms with Crippen LogP contribution in [0.25, 0.3) is 0 Å². The van der Waals surface area contributed by atoms with Gasteiger partial charge in [0.1, 0.15) is 0 Å². The van der Waals surface area contributed by atoms with Gasteiger partial charge in [-0.3, -0.25) is 4.79 Å². The lowest BCUT2D eigenvalue weighted by atomic mass is 10.1. The van der Waals surface area contributed by atoms with Crippen molar-refractivity contribution in [1.29, 1.82) is 0 Å². The normalized spacial score (nSPS) is 11.2. The van der Waals surface area contributed by atoms with E-state index in [1.54, 1.807) is 12.1 Å². The number of primary sulfonamides is 1. The SMILES string of the molecule is CCc1ccc(NC(=O)c2cc(S(N)(=O)=O)ccc2Cl)cc1. The molecule has 0 aliphatic carbocycles. The van der Waals surface area contributed by atoms with E-state index < -0.39 is 15.9 Å². The number of carbonyl (C=O) groups excluding carboxylic acids is 1. The third kappa shape index (κ3) is 3.85. The summed E-state index contributed by atoms with van der Waals surface area (Å²) in [5.74, 6) is -0.500. The zero-order valence-electron chi connectivity index (χ0n) is 11.8. The summed E-state index contributed by atoms with van der Waals surface area (Å²) in [5.41, 5.74) is 1.79. The Hall–Kier alpha value is -1.89. The number of rotatable bonds is 4. The number of hydrogen-bond donors (Lipinski definition) is 2. The Bertz CT molecular complexity index is 802. The van der Waals surface area contributed by atoms with E-state index in [1.807, 2.05) is 19.1 Å². The lowest BCUT2D eigenvalue weighted by molar-refractivity contribution is 0.102. The molecular weight excluding hydrogens is 324 g/mol. The first kappa shape index (κ1) is 16.5. The van der Waals surface area contributed by atoms with Crippen LogP contribution < -0.4 is 10.5 Å². The van der Waals surface area contributed by atoms with Crippen LogP contribution in [-0.4, -0.2) is 14.3 Å². The van der Waals surface area contributed by atoms with Crippen LogP contribution in [0.4, 0.5) is 5.69 Å². The summed E-state index contributed by atoms with van der Waals surface area (Å²) in [6.07, 6.45) is 0.899. The summed E-state index contributed by atoms with van der Waals surface area (Å²) in [5, 5.41) is 7.88. The van der Waals surface area contributed by atoms with Gasteiger partial charge in [0, 0.05) is 5.69 Å². The van der Waals surface area contributed by atoms with Gasteiger partial charge in [-0.1, -0.05) is 30.7 Å². The second-order valence-electron chi connectivity index (χ2n) is 4.69. The lowest BCUT2D eigenvalue weighted by Crippen LogP contribution is -2.16. The molecule has 0 atom stereocenters. The zero-order valence-corrected chi connectivity index (χ0v) is 13.4. The van der Waals surface area contributed by atoms with E-state index in [-0.39, 0.29) is 15.5 Å². The molecule has 7 heteroatoms. The van der Waals surface area contributed by atoms with Crippen molar-refractivity contribution in [3.05, 3.63) is 58.6 Å². The number of amides is 1. The molecule has 0 saturated heterocycles. The predicted molar refractivity (Wildman–Crippen MR) is 86.6 cm³/mol. The lowest BCUT2D eigenvalue weighted by Gasteiger charge is -2.09. The molecular formula is C15H15ClN2O3S. The molecule has 0 fully saturated rings. The average molecular weight is 339 g/mol. The van der Waals surface area contributed by atoms with Crippen LogP contribution in [0, 0.1) is 0 Å². The summed E-state index contributed by atoms with van der Waals surface area (Å²) < 4.78 is 22.7. The minimum absolute atomic E-state index is 0.0489. The summed E-state index contributed by atoms with van der Waals surface area (Å²) in [4.78, 5) is 12.1. The smallest absolute Gasteiger partial charge is 0.257 e. The number of aryl methyl sites for hydroxylation is 1. The fourth-order valence-corrected chi connectivity index (χ4v) is 2.62. The number of sulfonamides is 1. The molecule has 0 saturated carbocycles. The maximum Gasteiger partial charge on any atom is 0.257 e. The molecule has 0 heterocycles. The number of anilines is 1. The number of carbonyl (C=O) groups is 1. The molecule has 2 rings (SSSR count). The van der Waals surface area contributed by atoms with E-state index in [1.165, 1.54) is 12.1 Å². The molecule has 5 nitrogen and oxygen atoms in total. The van der Waals surface area contributed by atoms with Crippen molar-refractivity contribution in [3.63, 3.8) is 0 Å². The quantitative estimate of drug-likeness (QED) is 0.898. The van der Waals surface area contributed by atoms with Gasteiger partial charge in [0.15, 0.2) is 0 Å². The van der Waals surface area contributed by atoms with E-state index in [0.29, 0.717) is 5.69 Å². The largest absolute Gasteiger partial charge is 0.322 e. The minimum atomic E-state index is -3.90. The Labute approximate surface area is 134 Å². The summed E-state index contributed by atoms with van der Waals surface area (Å²) >= 11 is 5.96. The van der Waals surface area contributed by atoms with Crippen molar-refractivity contribution in [2.45, 2.75) is 18.2 Å². The third-order valence-electron chi connectivity index (χ3n) is 3.13. The highest BCUT2D eigenvalue weighted by molar-refractivity contribution is 7.89. The number of benzene rings is 2. The van der Waals surface area contributed by atoms with Gasteiger partial charge in [-0.15, -0.1) is 0 Å². The van der Waals surface area contributed by atoms with E-state index in [0.717, 1.165) is 18.1 Å². The summed E-state index contributed by atoms with van der Waals surface area (Å²) in [6, 6.07) is 11.1. The Kier molecular flexibility index (Phi) is 4.85. The fraction of sp³-hybridized carbons (Fsp3) is 0.133. The standard InChI is InChI=1S/C15H15ClN2O3S/c1-2-10-3-5-11(6-4-10)18-15(19)13-9-12(22(17,20)21)7-8-14(13)16/h3-9H,2H2,1H3,(H,18,19)(H2,17,20,21). The predicted octanol–water partition coefficient (Wildman–Crippen LogP) is 2.80. The maximum absolute atomic E-state index is 12.2. The molecule has 0 aliphatic rings. The van der Waals surface area contributed by atoms with E-state index >= 15 is 0 Å². The molecule has 1 amide bonds. The van der Waals surface area contributed by atoms with Crippen molar-refractivity contribution in [3.8, 4) is 0 Å². The van der Waals surface area contributed by atoms with Crippen LogP contribution in [0.5, 0.6) is 0 Å². The summed E-state index contributed by atoms with van der Waals surface area (Å²) in [6.45, 7) is 2.03. The Morgan fingerprint density at radius 1 is 1.18 bits per heavy atom. The van der Waals surface area contributed by atoms with Crippen molar-refractivity contribution in [1.82, 2.24) is 0 Å². The van der Waals surface area contributed by atoms with Gasteiger partial charge in [-0.25, -0.2) is 13.6 Å². The van der Waals surface area contributed by atoms with Gasteiger partial charge in [0.25, 0.3) is 5.91 Å². The molecule has 0 aliphatic heterocycles. The van der Waals surface area contributed by atoms with E-state index in [9.17, 15) is 13.2 Å². The van der Waals surface area contributed by atoms with Crippen molar-refractivity contribution in [2.75, 3.05) is 5.32 Å². The second kappa shape index (κ2) is 6.48. The van der Waals surface area contributed by atoms with Gasteiger partial charge < -0.3 is 5.32 Å². The van der Waals surface area contributed by atoms with Gasteiger partial charge in [0.05, 0.1) is 15.5 Å². The first-order chi connectivity index (χ1) is 10.3. The first-order valence-corrected chi connectivity index (χ1v) is 8.46. The molecule has 2 aromatic carbocycles. The van der Waals surface area contributed by atoms with Gasteiger partial charge >= 0.3 is 0 Å². The van der Waals surface area contributed by atoms with Crippen LogP contribution in [0.3, 0.4) is 0 Å². The first-order valence-electron chi connectivity index (χ1n) is 6.54. The number of nitrogens with two attached hydrogens (primary N) is 1. The van der Waals surface area contributed by atoms with Gasteiger partial charge in [-0.2, -0.15) is 0 Å². The van der Waals surface area contributed by atoms with Gasteiger partial charge in [-0.05, 0) is 42.3 Å². The molecule has 3 N–H and O–H groups in total. The average Bonchev–Trinajstić information content (AvgIpc) is 2.47. The van der Waals surface area contributed by atoms with E-state index in [4.69, 9.17) is 16.7 Å². The fourth-order valence-electron chi connectivity index (χ4n) is 1.88. The van der Waals surface area contributed by atoms with Crippen LogP contribution in [-0.2, 0) is 16.4 Å². The number of nitrogens with one attached hydrogen (secondary N) is 1. The number of hydrogen-bond acceptors (Lipinski definition) is 3. The molecule has 0 spiro atoms. The van der Waals surface area contributed by atoms with Crippen molar-refractivity contribution < 1.29 is 13.2 Å². The monoisotopic (exact) mass is 338 g/mol. The van der Waals surface area contributed by atoms with Gasteiger partial charge in [0.2, 0.25) is 10.0 Å². The van der Waals surface area contributed by atoms with Crippen LogP contribution in [0.1, 0.15) is 22.8 Å². The molecule has 22 heavy (non-hydrogen) atoms. The molecule has 0 unspecified atom stereocenters. The van der Waals surface area contributed by atoms with Crippen LogP contribution in [0.2, 0.25) is 5.02 Å². The molecule has 116 valence electrons. The van der Waals surface area contributed by atoms with Crippen molar-refractivity contribution >= 4 is 33.2 Å². The maximum atomic E-state index is 12.2. The minimum Gasteiger partial charge on any atom is -0.322 e. The zero-order chi connectivity index (χ0) is 16.3. The molecule has 0 radical (unpaired) electrons. The number of halogens is 1. The molecule has 2 aromatic rings. The topological polar surface area (TPSA) is 89.3 Å². The molecule has 0 aromatic heterocycles. The highest BCUT2D eigenvalue weighted by atomic mass is 35.5. The summed E-state index contributed by atoms with van der Waals surface area (Å²) in [7, 11) is -3.90. The second-order valence-corrected chi connectivity index (χ2v) is 6.66. The van der Waals surface area contributed by atoms with Crippen LogP contribution >= 0.6 is 11.6 Å². The Morgan fingerprint density at radius 3 is 2.36 bits per heavy atom. The van der Waals surface area contributed by atoms with E-state index in [2.05, 4.69) is 5.32 Å². The highest BCUT2D eigenvalue weighted by Crippen LogP contribution is 2.21. The van der Waals surface area contributed by atoms with Crippen LogP contribution in [0.15, 0.2) is 47.4 Å². The third-order valence-corrected chi connectivity index (χ3v) is 4.37.